The van der Waals surface area contributed by atoms with E-state index in [1.807, 2.05) is 11.0 Å². The average Bonchev–Trinajstić information content (AvgIpc) is 2.86. The molecule has 1 aliphatic heterocycles. The van der Waals surface area contributed by atoms with E-state index in [9.17, 15) is 4.79 Å². The molecule has 0 spiro atoms. The van der Waals surface area contributed by atoms with Crippen LogP contribution < -0.4 is 9.64 Å². The molecule has 3 aromatic rings. The van der Waals surface area contributed by atoms with Crippen LogP contribution >= 0.6 is 0 Å². The molecule has 6 heteroatoms. The topological polar surface area (TPSA) is 58.6 Å². The molecule has 2 aliphatic rings. The quantitative estimate of drug-likeness (QED) is 0.593. The highest BCUT2D eigenvalue weighted by Crippen LogP contribution is 2.38. The van der Waals surface area contributed by atoms with Crippen LogP contribution in [-0.2, 0) is 17.6 Å². The van der Waals surface area contributed by atoms with Crippen molar-refractivity contribution in [2.24, 2.45) is 0 Å². The smallest absolute Gasteiger partial charge is 0.246 e. The third-order valence-corrected chi connectivity index (χ3v) is 6.82. The van der Waals surface area contributed by atoms with Crippen LogP contribution in [0.2, 0.25) is 0 Å². The van der Waals surface area contributed by atoms with Crippen molar-refractivity contribution in [3.05, 3.63) is 72.2 Å². The van der Waals surface area contributed by atoms with Gasteiger partial charge in [-0.1, -0.05) is 30.8 Å². The van der Waals surface area contributed by atoms with Crippen molar-refractivity contribution < 1.29 is 9.53 Å². The van der Waals surface area contributed by atoms with Crippen LogP contribution in [0.1, 0.15) is 29.2 Å². The Morgan fingerprint density at radius 3 is 2.78 bits per heavy atom. The second-order valence-corrected chi connectivity index (χ2v) is 8.51. The second kappa shape index (κ2) is 8.61. The lowest BCUT2D eigenvalue weighted by molar-refractivity contribution is -0.126. The van der Waals surface area contributed by atoms with Crippen LogP contribution in [-0.4, -0.2) is 54.1 Å². The van der Waals surface area contributed by atoms with Gasteiger partial charge in [0.15, 0.2) is 0 Å². The lowest BCUT2D eigenvalue weighted by Gasteiger charge is -2.37. The number of amides is 1. The standard InChI is InChI=1S/C26H28N4O2/c1-3-25(31)29-11-13-30(14-12-29)26-23-9-7-19(16-24(23)27-17-28-26)21-6-4-5-18-15-20(32-2)8-10-22(18)21/h3-6,8,10,15,17,19H,1,7,9,11-14,16H2,2H3. The van der Waals surface area contributed by atoms with Crippen molar-refractivity contribution in [3.8, 4) is 5.75 Å². The van der Waals surface area contributed by atoms with Gasteiger partial charge in [0.25, 0.3) is 0 Å². The third kappa shape index (κ3) is 3.70. The molecule has 1 unspecified atom stereocenters. The van der Waals surface area contributed by atoms with Crippen molar-refractivity contribution >= 4 is 22.5 Å². The monoisotopic (exact) mass is 428 g/mol. The number of rotatable bonds is 4. The molecule has 6 nitrogen and oxygen atoms in total. The number of anilines is 1. The molecule has 0 bridgehead atoms. The van der Waals surface area contributed by atoms with Crippen molar-refractivity contribution in [2.75, 3.05) is 38.2 Å². The first-order valence-electron chi connectivity index (χ1n) is 11.2. The summed E-state index contributed by atoms with van der Waals surface area (Å²) in [5, 5.41) is 2.50. The first-order valence-corrected chi connectivity index (χ1v) is 11.2. The molecular formula is C26H28N4O2. The van der Waals surface area contributed by atoms with E-state index in [1.54, 1.807) is 13.4 Å². The molecule has 2 heterocycles. The lowest BCUT2D eigenvalue weighted by Crippen LogP contribution is -2.49. The molecule has 0 N–H and O–H groups in total. The van der Waals surface area contributed by atoms with Crippen molar-refractivity contribution in [1.82, 2.24) is 14.9 Å². The fraction of sp³-hybridized carbons (Fsp3) is 0.346. The van der Waals surface area contributed by atoms with Gasteiger partial charge < -0.3 is 14.5 Å². The molecular weight excluding hydrogens is 400 g/mol. The molecule has 0 radical (unpaired) electrons. The third-order valence-electron chi connectivity index (χ3n) is 6.82. The normalized spacial score (nSPS) is 18.3. The minimum Gasteiger partial charge on any atom is -0.497 e. The van der Waals surface area contributed by atoms with Crippen LogP contribution in [0.25, 0.3) is 10.8 Å². The molecule has 5 rings (SSSR count). The molecule has 1 amide bonds. The second-order valence-electron chi connectivity index (χ2n) is 8.51. The van der Waals surface area contributed by atoms with Crippen LogP contribution in [0.3, 0.4) is 0 Å². The maximum Gasteiger partial charge on any atom is 0.246 e. The van der Waals surface area contributed by atoms with E-state index in [-0.39, 0.29) is 5.91 Å². The number of aromatic nitrogens is 2. The number of piperazine rings is 1. The Morgan fingerprint density at radius 1 is 1.16 bits per heavy atom. The van der Waals surface area contributed by atoms with E-state index >= 15 is 0 Å². The number of ether oxygens (including phenoxy) is 1. The first-order chi connectivity index (χ1) is 15.7. The minimum atomic E-state index is 0.00455. The predicted octanol–water partition coefficient (Wildman–Crippen LogP) is 3.75. The average molecular weight is 429 g/mol. The van der Waals surface area contributed by atoms with Crippen LogP contribution in [0.15, 0.2) is 55.4 Å². The number of carbonyl (C=O) groups excluding carboxylic acids is 1. The largest absolute Gasteiger partial charge is 0.497 e. The molecule has 32 heavy (non-hydrogen) atoms. The summed E-state index contributed by atoms with van der Waals surface area (Å²) < 4.78 is 5.40. The van der Waals surface area contributed by atoms with Gasteiger partial charge in [0.2, 0.25) is 5.91 Å². The van der Waals surface area contributed by atoms with Gasteiger partial charge in [-0.25, -0.2) is 9.97 Å². The number of fused-ring (bicyclic) bond motifs is 2. The minimum absolute atomic E-state index is 0.00455. The van der Waals surface area contributed by atoms with Crippen molar-refractivity contribution in [1.29, 1.82) is 0 Å². The summed E-state index contributed by atoms with van der Waals surface area (Å²) >= 11 is 0. The van der Waals surface area contributed by atoms with Gasteiger partial charge in [0.05, 0.1) is 7.11 Å². The summed E-state index contributed by atoms with van der Waals surface area (Å²) in [7, 11) is 1.71. The molecule has 1 fully saturated rings. The maximum atomic E-state index is 11.9. The van der Waals surface area contributed by atoms with Crippen molar-refractivity contribution in [2.45, 2.75) is 25.2 Å². The zero-order chi connectivity index (χ0) is 22.1. The highest BCUT2D eigenvalue weighted by Gasteiger charge is 2.28. The maximum absolute atomic E-state index is 11.9. The van der Waals surface area contributed by atoms with Crippen LogP contribution in [0.5, 0.6) is 5.75 Å². The van der Waals surface area contributed by atoms with Gasteiger partial charge in [-0.3, -0.25) is 4.79 Å². The van der Waals surface area contributed by atoms with Gasteiger partial charge >= 0.3 is 0 Å². The van der Waals surface area contributed by atoms with E-state index in [0.29, 0.717) is 19.0 Å². The Balaban J connectivity index is 1.38. The van der Waals surface area contributed by atoms with E-state index < -0.39 is 0 Å². The fourth-order valence-electron chi connectivity index (χ4n) is 5.10. The summed E-state index contributed by atoms with van der Waals surface area (Å²) in [4.78, 5) is 25.4. The van der Waals surface area contributed by atoms with Gasteiger partial charge in [-0.05, 0) is 59.7 Å². The summed E-state index contributed by atoms with van der Waals surface area (Å²) in [6.45, 7) is 6.58. The molecule has 1 atom stereocenters. The summed E-state index contributed by atoms with van der Waals surface area (Å²) in [6, 6.07) is 12.9. The zero-order valence-electron chi connectivity index (χ0n) is 18.5. The molecule has 2 aromatic carbocycles. The van der Waals surface area contributed by atoms with Gasteiger partial charge in [0, 0.05) is 37.4 Å². The highest BCUT2D eigenvalue weighted by molar-refractivity contribution is 5.88. The number of nitrogens with zero attached hydrogens (tertiary/aromatic N) is 4. The molecule has 1 aliphatic carbocycles. The molecule has 164 valence electrons. The van der Waals surface area contributed by atoms with Crippen molar-refractivity contribution in [3.63, 3.8) is 0 Å². The summed E-state index contributed by atoms with van der Waals surface area (Å²) in [5.74, 6) is 2.37. The van der Waals surface area contributed by atoms with E-state index in [4.69, 9.17) is 4.74 Å². The Hall–Kier alpha value is -3.41. The van der Waals surface area contributed by atoms with E-state index in [2.05, 4.69) is 51.8 Å². The number of carbonyl (C=O) groups is 1. The first kappa shape index (κ1) is 20.5. The zero-order valence-corrected chi connectivity index (χ0v) is 18.5. The molecule has 0 saturated carbocycles. The number of hydrogen-bond acceptors (Lipinski definition) is 5. The van der Waals surface area contributed by atoms with Gasteiger partial charge in [-0.15, -0.1) is 0 Å². The Morgan fingerprint density at radius 2 is 2.00 bits per heavy atom. The fourth-order valence-corrected chi connectivity index (χ4v) is 5.10. The Kier molecular flexibility index (Phi) is 5.52. The Labute approximate surface area is 188 Å². The van der Waals surface area contributed by atoms with E-state index in [0.717, 1.165) is 49.6 Å². The highest BCUT2D eigenvalue weighted by atomic mass is 16.5. The molecule has 1 saturated heterocycles. The lowest BCUT2D eigenvalue weighted by atomic mass is 9.80. The number of hydrogen-bond donors (Lipinski definition) is 0. The summed E-state index contributed by atoms with van der Waals surface area (Å²) in [5.41, 5.74) is 3.81. The number of methoxy groups -OCH3 is 1. The number of benzene rings is 2. The van der Waals surface area contributed by atoms with Gasteiger partial charge in [-0.2, -0.15) is 0 Å². The Bertz CT molecular complexity index is 1170. The van der Waals surface area contributed by atoms with Crippen LogP contribution in [0, 0.1) is 0 Å². The predicted molar refractivity (Wildman–Crippen MR) is 126 cm³/mol. The van der Waals surface area contributed by atoms with E-state index in [1.165, 1.54) is 28.0 Å². The van der Waals surface area contributed by atoms with Gasteiger partial charge in [0.1, 0.15) is 17.9 Å². The summed E-state index contributed by atoms with van der Waals surface area (Å²) in [6.07, 6.45) is 6.06. The van der Waals surface area contributed by atoms with Crippen LogP contribution in [0.4, 0.5) is 5.82 Å². The SMILES string of the molecule is C=CC(=O)N1CCN(c2ncnc3c2CCC(c2cccc4cc(OC)ccc24)C3)CC1. The molecule has 1 aromatic heterocycles.